The molecule has 0 bridgehead atoms. The number of aliphatic carboxylic acids is 1. The standard InChI is InChI=1S/C19H18N4O4.C9H18N2O2S2.C5H10.C2H6.C2H2/c1-2-22-16-5-3-4-10-20-17(16)23(19(22)27)14-8-6-13(7-9-14)11-15(18(25)26)21-12-24;1-8(5-10-4)15(12,13)11-6-9(2,3)14-7-11;1-3-5-4-2;2*1-2/h3,5-9,12,15,20H,2,11H2,1H3,(H,21,24)(H,25,26);5,8H,6-7H2,1-4H3;3,5H,4H2,1-2H3;1-2H3;1-2H/b;;5-3-;;/t15-;;;;/m0..../s1. The smallest absolute Gasteiger partial charge is 0.334 e. The van der Waals surface area contributed by atoms with E-state index in [4.69, 9.17) is 5.11 Å². The van der Waals surface area contributed by atoms with Crippen LogP contribution in [0.1, 0.15) is 73.1 Å². The van der Waals surface area contributed by atoms with Crippen LogP contribution < -0.4 is 16.3 Å². The number of hydrogen-bond acceptors (Lipinski definition) is 8. The van der Waals surface area contributed by atoms with Gasteiger partial charge in [0.05, 0.1) is 17.3 Å². The van der Waals surface area contributed by atoms with E-state index in [-0.39, 0.29) is 16.9 Å². The number of hydrogen-bond donors (Lipinski definition) is 3. The molecule has 4 rings (SSSR count). The number of rotatable bonds is 11. The van der Waals surface area contributed by atoms with E-state index in [1.807, 2.05) is 27.7 Å². The van der Waals surface area contributed by atoms with Crippen LogP contribution in [0.3, 0.4) is 0 Å². The summed E-state index contributed by atoms with van der Waals surface area (Å²) in [5.74, 6) is 2.85. The van der Waals surface area contributed by atoms with Crippen molar-refractivity contribution in [3.63, 3.8) is 0 Å². The molecule has 1 aromatic carbocycles. The molecule has 1 amide bonds. The Kier molecular flexibility index (Phi) is 21.7. The molecule has 0 saturated carbocycles. The zero-order valence-corrected chi connectivity index (χ0v) is 32.8. The average molecular weight is 743 g/mol. The second kappa shape index (κ2) is 23.8. The van der Waals surface area contributed by atoms with Gasteiger partial charge in [-0.15, -0.1) is 24.6 Å². The van der Waals surface area contributed by atoms with Gasteiger partial charge in [0.15, 0.2) is 5.82 Å². The molecular weight excluding hydrogens is 689 g/mol. The van der Waals surface area contributed by atoms with Crippen LogP contribution in [0.25, 0.3) is 11.8 Å². The topological polar surface area (TPSA) is 155 Å². The van der Waals surface area contributed by atoms with Crippen LogP contribution in [-0.4, -0.2) is 81.1 Å². The molecule has 1 unspecified atom stereocenters. The first kappa shape index (κ1) is 46.5. The normalized spacial score (nSPS) is 15.2. The summed E-state index contributed by atoms with van der Waals surface area (Å²) in [6.45, 7) is 16.9. The van der Waals surface area contributed by atoms with E-state index >= 15 is 0 Å². The number of imidazole rings is 1. The van der Waals surface area contributed by atoms with Gasteiger partial charge in [-0.2, -0.15) is 4.31 Å². The van der Waals surface area contributed by atoms with E-state index in [2.05, 4.69) is 73.4 Å². The van der Waals surface area contributed by atoms with Gasteiger partial charge in [0.1, 0.15) is 11.3 Å². The summed E-state index contributed by atoms with van der Waals surface area (Å²) in [6, 6.07) is 8.71. The fraction of sp³-hybridized carbons (Fsp3) is 0.459. The number of thioether (sulfide) groups is 1. The number of carbonyl (C=O) groups is 2. The molecule has 1 saturated heterocycles. The number of allylic oxidation sites excluding steroid dienone is 3. The third-order valence-electron chi connectivity index (χ3n) is 7.09. The predicted octanol–water partition coefficient (Wildman–Crippen LogP) is 5.24. The lowest BCUT2D eigenvalue weighted by molar-refractivity contribution is -0.140. The van der Waals surface area contributed by atoms with Crippen molar-refractivity contribution in [2.45, 2.75) is 90.8 Å². The Bertz CT molecular complexity index is 1730. The molecule has 14 heteroatoms. The third-order valence-corrected chi connectivity index (χ3v) is 10.6. The summed E-state index contributed by atoms with van der Waals surface area (Å²) in [6.07, 6.45) is 18.8. The first-order chi connectivity index (χ1) is 24.3. The zero-order valence-electron chi connectivity index (χ0n) is 31.2. The van der Waals surface area contributed by atoms with Crippen LogP contribution in [0.2, 0.25) is 0 Å². The molecule has 0 radical (unpaired) electrons. The Morgan fingerprint density at radius 1 is 1.22 bits per heavy atom. The van der Waals surface area contributed by atoms with Crippen LogP contribution >= 0.6 is 11.8 Å². The van der Waals surface area contributed by atoms with Gasteiger partial charge in [-0.25, -0.2) is 22.6 Å². The minimum atomic E-state index is -3.21. The maximum atomic E-state index is 12.8. The summed E-state index contributed by atoms with van der Waals surface area (Å²) < 4.78 is 28.8. The van der Waals surface area contributed by atoms with Crippen LogP contribution in [0, 0.1) is 24.8 Å². The molecule has 51 heavy (non-hydrogen) atoms. The number of carbonyl (C=O) groups excluding carboxylic acids is 1. The van der Waals surface area contributed by atoms with Crippen molar-refractivity contribution in [3.8, 4) is 30.5 Å². The van der Waals surface area contributed by atoms with Crippen LogP contribution in [0.4, 0.5) is 5.82 Å². The van der Waals surface area contributed by atoms with Crippen molar-refractivity contribution in [2.75, 3.05) is 24.8 Å². The SMILES string of the molecule is C#C.C/C=C\CC.CC.CCn1c2c(n(-c3ccc(C[C@H](NC=O)C(=O)O)cc3)c1=O)NC#CC=C2.CN=CC(C)S(=O)(=O)N1CSC(C)(C)C1. The van der Waals surface area contributed by atoms with E-state index in [0.29, 0.717) is 36.9 Å². The predicted molar refractivity (Wildman–Crippen MR) is 213 cm³/mol. The first-order valence-corrected chi connectivity index (χ1v) is 19.1. The van der Waals surface area contributed by atoms with Crippen molar-refractivity contribution >= 4 is 52.3 Å². The lowest BCUT2D eigenvalue weighted by Crippen LogP contribution is -2.38. The number of anilines is 1. The molecule has 1 fully saturated rings. The van der Waals surface area contributed by atoms with Gasteiger partial charge in [0.2, 0.25) is 16.4 Å². The molecular formula is C37H54N6O6S2. The number of sulfonamides is 1. The van der Waals surface area contributed by atoms with Crippen molar-refractivity contribution in [1.82, 2.24) is 18.8 Å². The Morgan fingerprint density at radius 2 is 1.84 bits per heavy atom. The Labute approximate surface area is 308 Å². The lowest BCUT2D eigenvalue weighted by Gasteiger charge is -2.20. The number of aliphatic imine (C=N–C) groups is 1. The van der Waals surface area contributed by atoms with Gasteiger partial charge in [-0.05, 0) is 70.9 Å². The highest BCUT2D eigenvalue weighted by molar-refractivity contribution is 8.02. The second-order valence-corrected chi connectivity index (χ2v) is 15.1. The number of nitrogens with zero attached hydrogens (tertiary/aromatic N) is 4. The van der Waals surface area contributed by atoms with Crippen molar-refractivity contribution in [3.05, 3.63) is 64.2 Å². The van der Waals surface area contributed by atoms with E-state index in [0.717, 1.165) is 17.7 Å². The van der Waals surface area contributed by atoms with Crippen molar-refractivity contribution in [2.24, 2.45) is 4.99 Å². The summed E-state index contributed by atoms with van der Waals surface area (Å²) in [7, 11) is -1.62. The van der Waals surface area contributed by atoms with Crippen LogP contribution in [0.5, 0.6) is 0 Å². The van der Waals surface area contributed by atoms with Crippen molar-refractivity contribution < 1.29 is 23.1 Å². The molecule has 3 N–H and O–H groups in total. The van der Waals surface area contributed by atoms with Gasteiger partial charge >= 0.3 is 11.7 Å². The largest absolute Gasteiger partial charge is 0.480 e. The summed E-state index contributed by atoms with van der Waals surface area (Å²) in [5, 5.41) is 13.8. The molecule has 0 spiro atoms. The zero-order chi connectivity index (χ0) is 39.2. The first-order valence-electron chi connectivity index (χ1n) is 16.6. The molecule has 2 atom stereocenters. The Hall–Kier alpha value is -4.50. The Balaban J connectivity index is 0.000000876. The fourth-order valence-electron chi connectivity index (χ4n) is 4.65. The highest BCUT2D eigenvalue weighted by Gasteiger charge is 2.38. The fourth-order valence-corrected chi connectivity index (χ4v) is 7.56. The van der Waals surface area contributed by atoms with Gasteiger partial charge in [-0.3, -0.25) is 19.7 Å². The number of benzene rings is 1. The molecule has 2 aliphatic heterocycles. The molecule has 2 aliphatic rings. The average Bonchev–Trinajstić information content (AvgIpc) is 3.51. The highest BCUT2D eigenvalue weighted by atomic mass is 32.2. The highest BCUT2D eigenvalue weighted by Crippen LogP contribution is 2.35. The van der Waals surface area contributed by atoms with Gasteiger partial charge in [0, 0.05) is 43.6 Å². The number of amides is 1. The number of fused-ring (bicyclic) bond motifs is 1. The van der Waals surface area contributed by atoms with Crippen molar-refractivity contribution in [1.29, 1.82) is 0 Å². The molecule has 3 heterocycles. The molecule has 1 aromatic heterocycles. The van der Waals surface area contributed by atoms with Gasteiger partial charge in [0.25, 0.3) is 0 Å². The summed E-state index contributed by atoms with van der Waals surface area (Å²) in [4.78, 5) is 38.3. The number of aromatic nitrogens is 2. The van der Waals surface area contributed by atoms with E-state index < -0.39 is 27.3 Å². The van der Waals surface area contributed by atoms with Gasteiger partial charge < -0.3 is 10.4 Å². The molecule has 12 nitrogen and oxygen atoms in total. The Morgan fingerprint density at radius 3 is 2.29 bits per heavy atom. The summed E-state index contributed by atoms with van der Waals surface area (Å²) >= 11 is 1.67. The molecule has 2 aromatic rings. The number of carboxylic acid groups (broad SMARTS) is 1. The minimum Gasteiger partial charge on any atom is -0.480 e. The van der Waals surface area contributed by atoms with Crippen LogP contribution in [-0.2, 0) is 32.6 Å². The second-order valence-electron chi connectivity index (χ2n) is 11.1. The third kappa shape index (κ3) is 14.0. The monoisotopic (exact) mass is 742 g/mol. The van der Waals surface area contributed by atoms with E-state index in [1.165, 1.54) is 10.8 Å². The molecule has 0 aliphatic carbocycles. The minimum absolute atomic E-state index is 0.0240. The summed E-state index contributed by atoms with van der Waals surface area (Å²) in [5.41, 5.74) is 1.89. The number of nitrogens with one attached hydrogen (secondary N) is 2. The maximum Gasteiger partial charge on any atom is 0.334 e. The van der Waals surface area contributed by atoms with E-state index in [9.17, 15) is 22.8 Å². The maximum absolute atomic E-state index is 12.8. The quantitative estimate of drug-likeness (QED) is 0.122. The van der Waals surface area contributed by atoms with Crippen LogP contribution in [0.15, 0.2) is 52.3 Å². The molecule has 280 valence electrons. The lowest BCUT2D eigenvalue weighted by atomic mass is 10.1. The number of terminal acetylenes is 1. The van der Waals surface area contributed by atoms with Gasteiger partial charge in [-0.1, -0.05) is 51.0 Å². The number of carboxylic acids is 1. The van der Waals surface area contributed by atoms with E-state index in [1.54, 1.807) is 71.0 Å².